The molecule has 27 heavy (non-hydrogen) atoms. The Hall–Kier alpha value is -2.26. The van der Waals surface area contributed by atoms with E-state index in [0.29, 0.717) is 24.4 Å². The Kier molecular flexibility index (Phi) is 6.57. The second-order valence-electron chi connectivity index (χ2n) is 6.81. The predicted molar refractivity (Wildman–Crippen MR) is 102 cm³/mol. The Morgan fingerprint density at radius 1 is 1.33 bits per heavy atom. The molecule has 0 atom stereocenters. The van der Waals surface area contributed by atoms with Crippen molar-refractivity contribution in [2.45, 2.75) is 38.8 Å². The molecule has 1 aliphatic carbocycles. The molecule has 2 amide bonds. The van der Waals surface area contributed by atoms with Gasteiger partial charge in [-0.3, -0.25) is 14.5 Å². The summed E-state index contributed by atoms with van der Waals surface area (Å²) in [6.07, 6.45) is 2.93. The molecule has 1 aliphatic rings. The number of nitrogens with one attached hydrogen (secondary N) is 1. The van der Waals surface area contributed by atoms with E-state index in [1.807, 2.05) is 24.4 Å². The van der Waals surface area contributed by atoms with Crippen LogP contribution < -0.4 is 5.32 Å². The molecule has 0 aromatic carbocycles. The number of likely N-dealkylation sites (N-methyl/N-ethyl adjacent to an activating group) is 1. The summed E-state index contributed by atoms with van der Waals surface area (Å²) in [7, 11) is 1.77. The van der Waals surface area contributed by atoms with Gasteiger partial charge in [-0.15, -0.1) is 21.5 Å². The summed E-state index contributed by atoms with van der Waals surface area (Å²) in [6.45, 7) is 3.26. The fourth-order valence-corrected chi connectivity index (χ4v) is 3.32. The molecule has 1 N–H and O–H groups in total. The Bertz CT molecular complexity index is 757. The molecule has 0 saturated heterocycles. The van der Waals surface area contributed by atoms with Crippen molar-refractivity contribution < 1.29 is 14.0 Å². The lowest BCUT2D eigenvalue weighted by molar-refractivity contribution is -0.133. The third kappa shape index (κ3) is 5.86. The number of carbonyl (C=O) groups is 2. The number of amides is 2. The Morgan fingerprint density at radius 2 is 2.15 bits per heavy atom. The monoisotopic (exact) mass is 391 g/mol. The van der Waals surface area contributed by atoms with Gasteiger partial charge in [0.25, 0.3) is 5.89 Å². The first-order chi connectivity index (χ1) is 13.0. The van der Waals surface area contributed by atoms with E-state index in [0.717, 1.165) is 24.1 Å². The molecule has 2 aromatic rings. The standard InChI is InChI=1S/C18H25N5O3S/c1-3-8-23(11-16-20-21-18(26-16)14-5-4-9-27-14)17(25)12-22(2)10-15(24)19-13-6-7-13/h4-5,9,13H,3,6-8,10-12H2,1-2H3,(H,19,24). The third-order valence-corrected chi connectivity index (χ3v) is 4.99. The van der Waals surface area contributed by atoms with Gasteiger partial charge in [-0.1, -0.05) is 13.0 Å². The van der Waals surface area contributed by atoms with E-state index in [9.17, 15) is 9.59 Å². The minimum Gasteiger partial charge on any atom is -0.418 e. The highest BCUT2D eigenvalue weighted by Crippen LogP contribution is 2.23. The first-order valence-electron chi connectivity index (χ1n) is 9.17. The van der Waals surface area contributed by atoms with Crippen molar-refractivity contribution in [2.24, 2.45) is 0 Å². The molecule has 146 valence electrons. The smallest absolute Gasteiger partial charge is 0.257 e. The molecule has 0 unspecified atom stereocenters. The molecular weight excluding hydrogens is 366 g/mol. The van der Waals surface area contributed by atoms with Crippen LogP contribution in [0.3, 0.4) is 0 Å². The van der Waals surface area contributed by atoms with E-state index >= 15 is 0 Å². The molecule has 3 rings (SSSR count). The zero-order valence-corrected chi connectivity index (χ0v) is 16.5. The number of nitrogens with zero attached hydrogens (tertiary/aromatic N) is 4. The summed E-state index contributed by atoms with van der Waals surface area (Å²) in [5.41, 5.74) is 0. The molecule has 0 spiro atoms. The van der Waals surface area contributed by atoms with E-state index in [2.05, 4.69) is 15.5 Å². The summed E-state index contributed by atoms with van der Waals surface area (Å²) in [5.74, 6) is 0.786. The van der Waals surface area contributed by atoms with Crippen molar-refractivity contribution in [2.75, 3.05) is 26.7 Å². The highest BCUT2D eigenvalue weighted by molar-refractivity contribution is 7.13. The number of carbonyl (C=O) groups excluding carboxylic acids is 2. The minimum atomic E-state index is -0.0607. The van der Waals surface area contributed by atoms with Crippen LogP contribution >= 0.6 is 11.3 Å². The van der Waals surface area contributed by atoms with Gasteiger partial charge in [0, 0.05) is 12.6 Å². The van der Waals surface area contributed by atoms with Crippen molar-refractivity contribution in [1.82, 2.24) is 25.3 Å². The van der Waals surface area contributed by atoms with Gasteiger partial charge in [-0.2, -0.15) is 0 Å². The Labute approximate surface area is 162 Å². The lowest BCUT2D eigenvalue weighted by Crippen LogP contribution is -2.43. The molecule has 2 aromatic heterocycles. The zero-order valence-electron chi connectivity index (χ0n) is 15.7. The van der Waals surface area contributed by atoms with Gasteiger partial charge < -0.3 is 14.6 Å². The lowest BCUT2D eigenvalue weighted by atomic mass is 10.3. The van der Waals surface area contributed by atoms with Crippen LogP contribution in [0.15, 0.2) is 21.9 Å². The lowest BCUT2D eigenvalue weighted by Gasteiger charge is -2.23. The number of thiophene rings is 1. The van der Waals surface area contributed by atoms with Crippen molar-refractivity contribution in [3.8, 4) is 10.8 Å². The second kappa shape index (κ2) is 9.09. The molecule has 0 aliphatic heterocycles. The number of aromatic nitrogens is 2. The molecule has 8 nitrogen and oxygen atoms in total. The average molecular weight is 391 g/mol. The maximum absolute atomic E-state index is 12.7. The van der Waals surface area contributed by atoms with Crippen molar-refractivity contribution in [1.29, 1.82) is 0 Å². The van der Waals surface area contributed by atoms with Crippen LogP contribution in [-0.2, 0) is 16.1 Å². The largest absolute Gasteiger partial charge is 0.418 e. The summed E-state index contributed by atoms with van der Waals surface area (Å²) in [4.78, 5) is 28.9. The van der Waals surface area contributed by atoms with Crippen LogP contribution in [-0.4, -0.2) is 64.5 Å². The molecule has 1 saturated carbocycles. The van der Waals surface area contributed by atoms with E-state index in [1.165, 1.54) is 11.3 Å². The van der Waals surface area contributed by atoms with Gasteiger partial charge in [-0.05, 0) is 37.8 Å². The van der Waals surface area contributed by atoms with Crippen LogP contribution in [0.2, 0.25) is 0 Å². The van der Waals surface area contributed by atoms with Gasteiger partial charge >= 0.3 is 0 Å². The van der Waals surface area contributed by atoms with Crippen LogP contribution in [0, 0.1) is 0 Å². The predicted octanol–water partition coefficient (Wildman–Crippen LogP) is 1.75. The summed E-state index contributed by atoms with van der Waals surface area (Å²) in [5, 5.41) is 13.0. The van der Waals surface area contributed by atoms with Crippen LogP contribution in [0.1, 0.15) is 32.1 Å². The summed E-state index contributed by atoms with van der Waals surface area (Å²) in [6, 6.07) is 4.16. The maximum atomic E-state index is 12.7. The number of rotatable bonds is 10. The zero-order chi connectivity index (χ0) is 19.2. The normalized spacial score (nSPS) is 13.7. The first kappa shape index (κ1) is 19.5. The summed E-state index contributed by atoms with van der Waals surface area (Å²) >= 11 is 1.53. The van der Waals surface area contributed by atoms with E-state index in [-0.39, 0.29) is 31.4 Å². The minimum absolute atomic E-state index is 0.0349. The molecule has 2 heterocycles. The van der Waals surface area contributed by atoms with E-state index in [4.69, 9.17) is 4.42 Å². The number of hydrogen-bond donors (Lipinski definition) is 1. The van der Waals surface area contributed by atoms with Gasteiger partial charge in [0.1, 0.15) is 0 Å². The number of hydrogen-bond acceptors (Lipinski definition) is 7. The SMILES string of the molecule is CCCN(Cc1nnc(-c2cccs2)o1)C(=O)CN(C)CC(=O)NC1CC1. The highest BCUT2D eigenvalue weighted by Gasteiger charge is 2.24. The topological polar surface area (TPSA) is 91.6 Å². The van der Waals surface area contributed by atoms with Crippen LogP contribution in [0.5, 0.6) is 0 Å². The van der Waals surface area contributed by atoms with Gasteiger partial charge in [0.05, 0.1) is 24.5 Å². The molecule has 9 heteroatoms. The van der Waals surface area contributed by atoms with Crippen molar-refractivity contribution in [3.05, 3.63) is 23.4 Å². The van der Waals surface area contributed by atoms with Crippen molar-refractivity contribution >= 4 is 23.2 Å². The van der Waals surface area contributed by atoms with Crippen LogP contribution in [0.4, 0.5) is 0 Å². The van der Waals surface area contributed by atoms with Crippen molar-refractivity contribution in [3.63, 3.8) is 0 Å². The van der Waals surface area contributed by atoms with Gasteiger partial charge in [0.15, 0.2) is 0 Å². The quantitative estimate of drug-likeness (QED) is 0.663. The van der Waals surface area contributed by atoms with E-state index < -0.39 is 0 Å². The fraction of sp³-hybridized carbons (Fsp3) is 0.556. The Morgan fingerprint density at radius 3 is 2.81 bits per heavy atom. The summed E-state index contributed by atoms with van der Waals surface area (Å²) < 4.78 is 5.69. The van der Waals surface area contributed by atoms with E-state index in [1.54, 1.807) is 16.8 Å². The fourth-order valence-electron chi connectivity index (χ4n) is 2.68. The van der Waals surface area contributed by atoms with Gasteiger partial charge in [0.2, 0.25) is 17.7 Å². The maximum Gasteiger partial charge on any atom is 0.257 e. The highest BCUT2D eigenvalue weighted by atomic mass is 32.1. The third-order valence-electron chi connectivity index (χ3n) is 4.13. The average Bonchev–Trinajstić information content (AvgIpc) is 3.10. The molecule has 0 radical (unpaired) electrons. The Balaban J connectivity index is 1.53. The second-order valence-corrected chi connectivity index (χ2v) is 7.76. The molecule has 1 fully saturated rings. The molecule has 0 bridgehead atoms. The van der Waals surface area contributed by atoms with Crippen LogP contribution in [0.25, 0.3) is 10.8 Å². The van der Waals surface area contributed by atoms with Gasteiger partial charge in [-0.25, -0.2) is 0 Å². The molecular formula is C18H25N5O3S. The first-order valence-corrected chi connectivity index (χ1v) is 10.0.